The van der Waals surface area contributed by atoms with E-state index >= 15 is 0 Å². The van der Waals surface area contributed by atoms with Gasteiger partial charge in [-0.15, -0.1) is 0 Å². The Labute approximate surface area is 191 Å². The molecule has 1 fully saturated rings. The Kier molecular flexibility index (Phi) is 6.88. The molecule has 11 nitrogen and oxygen atoms in total. The van der Waals surface area contributed by atoms with Crippen LogP contribution in [0, 0.1) is 5.41 Å². The molecule has 0 spiro atoms. The van der Waals surface area contributed by atoms with Gasteiger partial charge in [-0.3, -0.25) is 24.5 Å². The molecule has 34 heavy (non-hydrogen) atoms. The molecule has 0 unspecified atom stereocenters. The number of rotatable bonds is 5. The number of hydrogen-bond donors (Lipinski definition) is 3. The van der Waals surface area contributed by atoms with E-state index in [1.165, 1.54) is 22.1 Å². The second kappa shape index (κ2) is 9.34. The van der Waals surface area contributed by atoms with E-state index in [1.807, 2.05) is 0 Å². The molecule has 1 aromatic carbocycles. The summed E-state index contributed by atoms with van der Waals surface area (Å²) in [5, 5.41) is 7.33. The van der Waals surface area contributed by atoms with Crippen LogP contribution in [0.15, 0.2) is 41.0 Å². The van der Waals surface area contributed by atoms with Crippen molar-refractivity contribution < 1.29 is 40.1 Å². The van der Waals surface area contributed by atoms with Crippen LogP contribution < -0.4 is 10.6 Å². The largest absolute Gasteiger partial charge is 0.459 e. The van der Waals surface area contributed by atoms with Crippen LogP contribution in [0.3, 0.4) is 0 Å². The summed E-state index contributed by atoms with van der Waals surface area (Å²) >= 11 is 0. The van der Waals surface area contributed by atoms with Crippen molar-refractivity contribution >= 4 is 33.6 Å². The third-order valence-electron chi connectivity index (χ3n) is 5.02. The van der Waals surface area contributed by atoms with Gasteiger partial charge in [0.05, 0.1) is 11.8 Å². The van der Waals surface area contributed by atoms with E-state index < -0.39 is 45.2 Å². The fraction of sp³-hybridized carbons (Fsp3) is 0.316. The lowest BCUT2D eigenvalue weighted by Gasteiger charge is -2.37. The van der Waals surface area contributed by atoms with Gasteiger partial charge in [-0.1, -0.05) is 0 Å². The van der Waals surface area contributed by atoms with Crippen molar-refractivity contribution in [1.29, 1.82) is 5.41 Å². The second-order valence-corrected chi connectivity index (χ2v) is 8.74. The standard InChI is InChI=1S/C19H20F3N5O6S/c20-19(21,22)13-10-12(16(28)27(18(23)24)11-34(30,31)32)3-4-14(13)25-5-7-26(8-6-25)17(29)15-2-1-9-33-15/h1-4,9-10H,5-8,11H2,(H3,23,24)(H,30,31,32). The summed E-state index contributed by atoms with van der Waals surface area (Å²) in [5.74, 6) is -4.04. The number of nitrogens with one attached hydrogen (secondary N) is 1. The third-order valence-corrected chi connectivity index (χ3v) is 5.60. The van der Waals surface area contributed by atoms with Crippen LogP contribution in [0.2, 0.25) is 0 Å². The summed E-state index contributed by atoms with van der Waals surface area (Å²) < 4.78 is 77.7. The highest BCUT2D eigenvalue weighted by molar-refractivity contribution is 7.85. The number of amides is 2. The quantitative estimate of drug-likeness (QED) is 0.314. The van der Waals surface area contributed by atoms with E-state index in [1.54, 1.807) is 6.07 Å². The van der Waals surface area contributed by atoms with Gasteiger partial charge < -0.3 is 20.0 Å². The fourth-order valence-electron chi connectivity index (χ4n) is 3.43. The normalized spacial score (nSPS) is 14.7. The number of furan rings is 1. The van der Waals surface area contributed by atoms with E-state index in [4.69, 9.17) is 20.1 Å². The van der Waals surface area contributed by atoms with Crippen molar-refractivity contribution in [3.63, 3.8) is 0 Å². The Bertz CT molecular complexity index is 1190. The van der Waals surface area contributed by atoms with Gasteiger partial charge >= 0.3 is 6.18 Å². The first-order valence-electron chi connectivity index (χ1n) is 9.68. The van der Waals surface area contributed by atoms with E-state index in [2.05, 4.69) is 0 Å². The minimum atomic E-state index is -4.88. The third kappa shape index (κ3) is 5.66. The number of anilines is 1. The Hall–Kier alpha value is -3.59. The highest BCUT2D eigenvalue weighted by Gasteiger charge is 2.37. The fourth-order valence-corrected chi connectivity index (χ4v) is 4.02. The lowest BCUT2D eigenvalue weighted by Crippen LogP contribution is -2.49. The molecule has 1 aliphatic heterocycles. The van der Waals surface area contributed by atoms with Gasteiger partial charge in [0, 0.05) is 37.4 Å². The summed E-state index contributed by atoms with van der Waals surface area (Å²) in [6.07, 6.45) is -3.54. The maximum absolute atomic E-state index is 13.8. The van der Waals surface area contributed by atoms with E-state index in [-0.39, 0.29) is 48.4 Å². The topological polar surface area (TPSA) is 161 Å². The zero-order valence-electron chi connectivity index (χ0n) is 17.4. The molecular formula is C19H20F3N5O6S. The van der Waals surface area contributed by atoms with Crippen LogP contribution in [0.1, 0.15) is 26.5 Å². The molecule has 0 saturated carbocycles. The molecule has 15 heteroatoms. The predicted molar refractivity (Wildman–Crippen MR) is 113 cm³/mol. The summed E-state index contributed by atoms with van der Waals surface area (Å²) in [6, 6.07) is 5.64. The number of alkyl halides is 3. The minimum absolute atomic E-state index is 0.0746. The molecule has 2 amide bonds. The first-order valence-corrected chi connectivity index (χ1v) is 11.3. The summed E-state index contributed by atoms with van der Waals surface area (Å²) in [6.45, 7) is 0.407. The predicted octanol–water partition coefficient (Wildman–Crippen LogP) is 1.44. The maximum Gasteiger partial charge on any atom is 0.418 e. The molecule has 184 valence electrons. The smallest absolute Gasteiger partial charge is 0.418 e. The van der Waals surface area contributed by atoms with Gasteiger partial charge in [-0.05, 0) is 30.3 Å². The molecule has 2 aromatic rings. The molecular weight excluding hydrogens is 483 g/mol. The SMILES string of the molecule is N=C(N)N(CS(=O)(=O)O)C(=O)c1ccc(N2CCN(C(=O)c3ccco3)CC2)c(C(F)(F)F)c1. The van der Waals surface area contributed by atoms with Crippen molar-refractivity contribution in [2.45, 2.75) is 6.18 Å². The molecule has 0 radical (unpaired) electrons. The average molecular weight is 503 g/mol. The number of piperazine rings is 1. The average Bonchev–Trinajstić information content (AvgIpc) is 3.30. The van der Waals surface area contributed by atoms with Gasteiger partial charge in [0.25, 0.3) is 21.9 Å². The number of nitrogens with zero attached hydrogens (tertiary/aromatic N) is 3. The van der Waals surface area contributed by atoms with E-state index in [0.717, 1.165) is 12.1 Å². The molecule has 0 bridgehead atoms. The number of benzene rings is 1. The van der Waals surface area contributed by atoms with Crippen molar-refractivity contribution in [3.05, 3.63) is 53.5 Å². The van der Waals surface area contributed by atoms with Crippen molar-refractivity contribution in [2.24, 2.45) is 5.73 Å². The number of carbonyl (C=O) groups is 2. The Morgan fingerprint density at radius 3 is 2.32 bits per heavy atom. The molecule has 4 N–H and O–H groups in total. The van der Waals surface area contributed by atoms with Crippen LogP contribution in [0.25, 0.3) is 0 Å². The van der Waals surface area contributed by atoms with Crippen LogP contribution >= 0.6 is 0 Å². The summed E-state index contributed by atoms with van der Waals surface area (Å²) in [4.78, 5) is 27.9. The van der Waals surface area contributed by atoms with Gasteiger partial charge in [0.1, 0.15) is 0 Å². The molecule has 3 rings (SSSR count). The Balaban J connectivity index is 1.85. The Morgan fingerprint density at radius 2 is 1.82 bits per heavy atom. The number of hydrogen-bond acceptors (Lipinski definition) is 7. The minimum Gasteiger partial charge on any atom is -0.459 e. The first kappa shape index (κ1) is 25.0. The number of guanidine groups is 1. The number of halogens is 3. The highest BCUT2D eigenvalue weighted by Crippen LogP contribution is 2.38. The summed E-state index contributed by atoms with van der Waals surface area (Å²) in [5.41, 5.74) is 3.18. The number of carbonyl (C=O) groups excluding carboxylic acids is 2. The number of nitrogens with two attached hydrogens (primary N) is 1. The zero-order chi connectivity index (χ0) is 25.3. The van der Waals surface area contributed by atoms with Crippen LogP contribution in [-0.2, 0) is 16.3 Å². The van der Waals surface area contributed by atoms with Crippen molar-refractivity contribution in [3.8, 4) is 0 Å². The van der Waals surface area contributed by atoms with Crippen LogP contribution in [0.5, 0.6) is 0 Å². The molecule has 0 aliphatic carbocycles. The van der Waals surface area contributed by atoms with Gasteiger partial charge in [0.2, 0.25) is 0 Å². The molecule has 1 aliphatic rings. The molecule has 2 heterocycles. The molecule has 1 saturated heterocycles. The lowest BCUT2D eigenvalue weighted by molar-refractivity contribution is -0.137. The van der Waals surface area contributed by atoms with Gasteiger partial charge in [0.15, 0.2) is 17.6 Å². The molecule has 1 aromatic heterocycles. The van der Waals surface area contributed by atoms with Gasteiger partial charge in [-0.2, -0.15) is 21.6 Å². The van der Waals surface area contributed by atoms with Gasteiger partial charge in [-0.25, -0.2) is 0 Å². The second-order valence-electron chi connectivity index (χ2n) is 7.32. The van der Waals surface area contributed by atoms with Crippen LogP contribution in [-0.4, -0.2) is 72.6 Å². The summed E-state index contributed by atoms with van der Waals surface area (Å²) in [7, 11) is -4.80. The van der Waals surface area contributed by atoms with Crippen molar-refractivity contribution in [1.82, 2.24) is 9.80 Å². The monoisotopic (exact) mass is 503 g/mol. The van der Waals surface area contributed by atoms with Crippen molar-refractivity contribution in [2.75, 3.05) is 37.0 Å². The molecule has 0 atom stereocenters. The zero-order valence-corrected chi connectivity index (χ0v) is 18.3. The first-order chi connectivity index (χ1) is 15.8. The highest BCUT2D eigenvalue weighted by atomic mass is 32.2. The lowest BCUT2D eigenvalue weighted by atomic mass is 10.1. The van der Waals surface area contributed by atoms with E-state index in [0.29, 0.717) is 6.07 Å². The Morgan fingerprint density at radius 1 is 1.18 bits per heavy atom. The van der Waals surface area contributed by atoms with E-state index in [9.17, 15) is 31.2 Å². The van der Waals surface area contributed by atoms with Crippen LogP contribution in [0.4, 0.5) is 18.9 Å². The maximum atomic E-state index is 13.8.